The maximum Gasteiger partial charge on any atom is 0.137 e. The zero-order chi connectivity index (χ0) is 12.1. The summed E-state index contributed by atoms with van der Waals surface area (Å²) in [6.07, 6.45) is -2.15. The molecule has 1 aromatic carbocycles. The number of hydrogen-bond acceptors (Lipinski definition) is 5. The van der Waals surface area contributed by atoms with Crippen molar-refractivity contribution in [3.05, 3.63) is 29.3 Å². The standard InChI is InChI=1S/C11H13NO3S/c1-15-10-4-2-3-7(8(10)5-12)11(14)9(13)6-16/h2-4,9,11,13-14,16H,6H2,1H3. The van der Waals surface area contributed by atoms with Gasteiger partial charge < -0.3 is 14.9 Å². The molecule has 0 saturated carbocycles. The van der Waals surface area contributed by atoms with Crippen molar-refractivity contribution in [1.29, 1.82) is 5.26 Å². The summed E-state index contributed by atoms with van der Waals surface area (Å²) in [5.41, 5.74) is 0.585. The van der Waals surface area contributed by atoms with Crippen LogP contribution in [0.4, 0.5) is 0 Å². The van der Waals surface area contributed by atoms with E-state index in [9.17, 15) is 10.2 Å². The van der Waals surface area contributed by atoms with Crippen molar-refractivity contribution in [2.75, 3.05) is 12.9 Å². The summed E-state index contributed by atoms with van der Waals surface area (Å²) in [4.78, 5) is 0. The second-order valence-electron chi connectivity index (χ2n) is 3.23. The van der Waals surface area contributed by atoms with Gasteiger partial charge in [0.25, 0.3) is 0 Å². The van der Waals surface area contributed by atoms with E-state index in [0.717, 1.165) is 0 Å². The van der Waals surface area contributed by atoms with E-state index in [2.05, 4.69) is 12.6 Å². The van der Waals surface area contributed by atoms with Crippen LogP contribution in [0.3, 0.4) is 0 Å². The molecule has 86 valence electrons. The molecule has 0 amide bonds. The molecule has 0 aliphatic heterocycles. The Morgan fingerprint density at radius 2 is 2.19 bits per heavy atom. The molecule has 0 bridgehead atoms. The Hall–Kier alpha value is -1.22. The highest BCUT2D eigenvalue weighted by Gasteiger charge is 2.21. The van der Waals surface area contributed by atoms with Crippen molar-refractivity contribution in [2.24, 2.45) is 0 Å². The van der Waals surface area contributed by atoms with Crippen molar-refractivity contribution in [3.8, 4) is 11.8 Å². The van der Waals surface area contributed by atoms with E-state index in [0.29, 0.717) is 11.3 Å². The SMILES string of the molecule is COc1cccc(C(O)C(O)CS)c1C#N. The third kappa shape index (κ3) is 2.47. The van der Waals surface area contributed by atoms with Gasteiger partial charge in [-0.1, -0.05) is 12.1 Å². The molecular formula is C11H13NO3S. The van der Waals surface area contributed by atoms with E-state index >= 15 is 0 Å². The average Bonchev–Trinajstić information content (AvgIpc) is 2.35. The Morgan fingerprint density at radius 3 is 2.69 bits per heavy atom. The fourth-order valence-electron chi connectivity index (χ4n) is 1.39. The van der Waals surface area contributed by atoms with Gasteiger partial charge in [-0.3, -0.25) is 0 Å². The highest BCUT2D eigenvalue weighted by molar-refractivity contribution is 7.80. The lowest BCUT2D eigenvalue weighted by Gasteiger charge is -2.18. The van der Waals surface area contributed by atoms with Crippen LogP contribution in [-0.2, 0) is 0 Å². The second kappa shape index (κ2) is 5.75. The minimum absolute atomic E-state index is 0.114. The Kier molecular flexibility index (Phi) is 4.62. The molecule has 2 atom stereocenters. The normalized spacial score (nSPS) is 13.9. The lowest BCUT2D eigenvalue weighted by Crippen LogP contribution is -2.20. The highest BCUT2D eigenvalue weighted by Crippen LogP contribution is 2.28. The molecule has 0 fully saturated rings. The van der Waals surface area contributed by atoms with Gasteiger partial charge in [0.05, 0.1) is 18.8 Å². The summed E-state index contributed by atoms with van der Waals surface area (Å²) in [5.74, 6) is 0.494. The zero-order valence-electron chi connectivity index (χ0n) is 8.79. The Balaban J connectivity index is 3.19. The summed E-state index contributed by atoms with van der Waals surface area (Å²) in [7, 11) is 1.45. The topological polar surface area (TPSA) is 73.5 Å². The van der Waals surface area contributed by atoms with Crippen LogP contribution in [0.2, 0.25) is 0 Å². The smallest absolute Gasteiger partial charge is 0.137 e. The van der Waals surface area contributed by atoms with Crippen molar-refractivity contribution in [2.45, 2.75) is 12.2 Å². The molecule has 0 radical (unpaired) electrons. The molecule has 5 heteroatoms. The van der Waals surface area contributed by atoms with Gasteiger partial charge in [-0.25, -0.2) is 0 Å². The van der Waals surface area contributed by atoms with Crippen LogP contribution in [-0.4, -0.2) is 29.2 Å². The molecule has 0 spiro atoms. The van der Waals surface area contributed by atoms with Gasteiger partial charge in [0.2, 0.25) is 0 Å². The summed E-state index contributed by atoms with van der Waals surface area (Å²) < 4.78 is 5.01. The monoisotopic (exact) mass is 239 g/mol. The number of nitrogens with zero attached hydrogens (tertiary/aromatic N) is 1. The minimum Gasteiger partial charge on any atom is -0.495 e. The molecule has 4 nitrogen and oxygen atoms in total. The first-order chi connectivity index (χ1) is 7.65. The van der Waals surface area contributed by atoms with Gasteiger partial charge in [-0.2, -0.15) is 17.9 Å². The predicted octanol–water partition coefficient (Wildman–Crippen LogP) is 0.891. The predicted molar refractivity (Wildman–Crippen MR) is 62.5 cm³/mol. The van der Waals surface area contributed by atoms with Crippen molar-refractivity contribution in [3.63, 3.8) is 0 Å². The largest absolute Gasteiger partial charge is 0.495 e. The third-order valence-electron chi connectivity index (χ3n) is 2.26. The molecule has 0 aliphatic rings. The Morgan fingerprint density at radius 1 is 1.50 bits per heavy atom. The summed E-state index contributed by atoms with van der Waals surface area (Å²) in [6.45, 7) is 0. The Bertz CT molecular complexity index is 403. The number of thiol groups is 1. The van der Waals surface area contributed by atoms with Gasteiger partial charge in [-0.05, 0) is 6.07 Å². The van der Waals surface area contributed by atoms with Gasteiger partial charge in [0.1, 0.15) is 17.9 Å². The zero-order valence-corrected chi connectivity index (χ0v) is 9.69. The van der Waals surface area contributed by atoms with Crippen molar-refractivity contribution < 1.29 is 14.9 Å². The summed E-state index contributed by atoms with van der Waals surface area (Å²) >= 11 is 3.89. The maximum absolute atomic E-state index is 9.82. The first kappa shape index (κ1) is 12.8. The fraction of sp³-hybridized carbons (Fsp3) is 0.364. The van der Waals surface area contributed by atoms with Crippen LogP contribution in [0.1, 0.15) is 17.2 Å². The molecular weight excluding hydrogens is 226 g/mol. The van der Waals surface area contributed by atoms with Gasteiger partial charge >= 0.3 is 0 Å². The van der Waals surface area contributed by atoms with Crippen molar-refractivity contribution >= 4 is 12.6 Å². The van der Waals surface area contributed by atoms with E-state index in [1.165, 1.54) is 7.11 Å². The molecule has 0 heterocycles. The number of benzene rings is 1. The summed E-state index contributed by atoms with van der Waals surface area (Å²) in [6, 6.07) is 6.82. The van der Waals surface area contributed by atoms with Crippen LogP contribution in [0.15, 0.2) is 18.2 Å². The first-order valence-electron chi connectivity index (χ1n) is 4.69. The average molecular weight is 239 g/mol. The van der Waals surface area contributed by atoms with E-state index in [4.69, 9.17) is 10.00 Å². The molecule has 2 unspecified atom stereocenters. The van der Waals surface area contributed by atoms with Crippen LogP contribution >= 0.6 is 12.6 Å². The number of aliphatic hydroxyl groups excluding tert-OH is 2. The van der Waals surface area contributed by atoms with E-state index in [1.54, 1.807) is 18.2 Å². The second-order valence-corrected chi connectivity index (χ2v) is 3.60. The van der Waals surface area contributed by atoms with Gasteiger partial charge in [-0.15, -0.1) is 0 Å². The minimum atomic E-state index is -1.14. The number of rotatable bonds is 4. The molecule has 0 saturated heterocycles. The van der Waals surface area contributed by atoms with Crippen LogP contribution in [0, 0.1) is 11.3 Å². The lowest BCUT2D eigenvalue weighted by atomic mass is 9.99. The van der Waals surface area contributed by atoms with Crippen molar-refractivity contribution in [1.82, 2.24) is 0 Å². The molecule has 1 aromatic rings. The van der Waals surface area contributed by atoms with Crippen LogP contribution < -0.4 is 4.74 Å². The fourth-order valence-corrected chi connectivity index (χ4v) is 1.59. The van der Waals surface area contributed by atoms with E-state index in [-0.39, 0.29) is 11.3 Å². The van der Waals surface area contributed by atoms with Crippen LogP contribution in [0.5, 0.6) is 5.75 Å². The van der Waals surface area contributed by atoms with Crippen LogP contribution in [0.25, 0.3) is 0 Å². The number of methoxy groups -OCH3 is 1. The third-order valence-corrected chi connectivity index (χ3v) is 2.63. The first-order valence-corrected chi connectivity index (χ1v) is 5.33. The molecule has 0 aromatic heterocycles. The maximum atomic E-state index is 9.82. The summed E-state index contributed by atoms with van der Waals surface area (Å²) in [5, 5.41) is 28.3. The number of hydrogen-bond donors (Lipinski definition) is 3. The quantitative estimate of drug-likeness (QED) is 0.682. The molecule has 16 heavy (non-hydrogen) atoms. The molecule has 2 N–H and O–H groups in total. The molecule has 1 rings (SSSR count). The number of ether oxygens (including phenoxy) is 1. The van der Waals surface area contributed by atoms with E-state index in [1.807, 2.05) is 6.07 Å². The number of nitriles is 1. The Labute approximate surface area is 99.5 Å². The van der Waals surface area contributed by atoms with Gasteiger partial charge in [0.15, 0.2) is 0 Å². The number of aliphatic hydroxyl groups is 2. The molecule has 0 aliphatic carbocycles. The highest BCUT2D eigenvalue weighted by atomic mass is 32.1. The lowest BCUT2D eigenvalue weighted by molar-refractivity contribution is 0.0335. The van der Waals surface area contributed by atoms with Gasteiger partial charge in [0, 0.05) is 11.3 Å². The van der Waals surface area contributed by atoms with E-state index < -0.39 is 12.2 Å².